The number of phenolic OH excluding ortho intramolecular Hbond substituents is 1. The number of hydrogen-bond donors (Lipinski definition) is 1. The van der Waals surface area contributed by atoms with E-state index < -0.39 is 5.97 Å². The molecule has 0 bridgehead atoms. The molecule has 7 heteroatoms. The van der Waals surface area contributed by atoms with Crippen molar-refractivity contribution in [3.05, 3.63) is 64.0 Å². The van der Waals surface area contributed by atoms with Gasteiger partial charge in [0.05, 0.1) is 23.6 Å². The van der Waals surface area contributed by atoms with E-state index in [1.807, 2.05) is 0 Å². The Balaban J connectivity index is 1.61. The van der Waals surface area contributed by atoms with E-state index in [0.29, 0.717) is 40.3 Å². The van der Waals surface area contributed by atoms with Crippen LogP contribution < -0.4 is 10.2 Å². The maximum atomic E-state index is 13.0. The van der Waals surface area contributed by atoms with Crippen LogP contribution in [0.3, 0.4) is 0 Å². The van der Waals surface area contributed by atoms with E-state index in [0.717, 1.165) is 25.9 Å². The summed E-state index contributed by atoms with van der Waals surface area (Å²) < 4.78 is 16.1. The summed E-state index contributed by atoms with van der Waals surface area (Å²) in [7, 11) is 1.31. The molecular weight excluding hydrogens is 398 g/mol. The minimum atomic E-state index is -0.452. The lowest BCUT2D eigenvalue weighted by Gasteiger charge is -2.30. The highest BCUT2D eigenvalue weighted by Crippen LogP contribution is 2.30. The van der Waals surface area contributed by atoms with Crippen molar-refractivity contribution in [2.24, 2.45) is 5.92 Å². The molecule has 1 aliphatic rings. The van der Waals surface area contributed by atoms with Gasteiger partial charge in [-0.3, -0.25) is 9.69 Å². The number of likely N-dealkylation sites (tertiary alicyclic amines) is 1. The second kappa shape index (κ2) is 8.81. The molecule has 1 saturated heterocycles. The fourth-order valence-electron chi connectivity index (χ4n) is 3.80. The molecular formula is C24H25NO6. The molecule has 0 amide bonds. The highest BCUT2D eigenvalue weighted by Gasteiger charge is 2.21. The third kappa shape index (κ3) is 4.41. The molecule has 7 nitrogen and oxygen atoms in total. The molecule has 162 valence electrons. The van der Waals surface area contributed by atoms with Gasteiger partial charge in [-0.15, -0.1) is 0 Å². The average molecular weight is 423 g/mol. The molecule has 0 radical (unpaired) electrons. The number of esters is 1. The Morgan fingerprint density at radius 3 is 2.55 bits per heavy atom. The summed E-state index contributed by atoms with van der Waals surface area (Å²) in [5.74, 6) is 0.785. The normalized spacial score (nSPS) is 15.2. The minimum absolute atomic E-state index is 0.0294. The summed E-state index contributed by atoms with van der Waals surface area (Å²) in [5, 5.41) is 10.8. The molecule has 0 spiro atoms. The maximum absolute atomic E-state index is 13.0. The van der Waals surface area contributed by atoms with Crippen molar-refractivity contribution >= 4 is 16.9 Å². The number of ether oxygens (including phenoxy) is 2. The summed E-state index contributed by atoms with van der Waals surface area (Å²) in [6, 6.07) is 9.34. The molecule has 2 heterocycles. The van der Waals surface area contributed by atoms with Gasteiger partial charge < -0.3 is 19.0 Å². The van der Waals surface area contributed by atoms with Gasteiger partial charge in [-0.2, -0.15) is 0 Å². The molecule has 0 saturated carbocycles. The average Bonchev–Trinajstić information content (AvgIpc) is 2.79. The number of fused-ring (bicyclic) bond motifs is 1. The summed E-state index contributed by atoms with van der Waals surface area (Å²) in [5.41, 5.74) is 1.04. The smallest absolute Gasteiger partial charge is 0.337 e. The quantitative estimate of drug-likeness (QED) is 0.612. The third-order valence-corrected chi connectivity index (χ3v) is 5.75. The highest BCUT2D eigenvalue weighted by atomic mass is 16.5. The van der Waals surface area contributed by atoms with E-state index in [1.165, 1.54) is 19.4 Å². The van der Waals surface area contributed by atoms with Crippen LogP contribution >= 0.6 is 0 Å². The predicted molar refractivity (Wildman–Crippen MR) is 116 cm³/mol. The van der Waals surface area contributed by atoms with Gasteiger partial charge in [0.2, 0.25) is 11.2 Å². The lowest BCUT2D eigenvalue weighted by molar-refractivity contribution is 0.0600. The Morgan fingerprint density at radius 1 is 1.16 bits per heavy atom. The largest absolute Gasteiger partial charge is 0.507 e. The molecule has 1 aliphatic heterocycles. The monoisotopic (exact) mass is 423 g/mol. The van der Waals surface area contributed by atoms with Gasteiger partial charge in [0, 0.05) is 6.54 Å². The molecule has 0 atom stereocenters. The summed E-state index contributed by atoms with van der Waals surface area (Å²) >= 11 is 0. The zero-order valence-electron chi connectivity index (χ0n) is 17.6. The van der Waals surface area contributed by atoms with Gasteiger partial charge in [-0.1, -0.05) is 6.92 Å². The van der Waals surface area contributed by atoms with Crippen LogP contribution in [0.1, 0.15) is 35.7 Å². The first-order chi connectivity index (χ1) is 15.0. The summed E-state index contributed by atoms with van der Waals surface area (Å²) in [4.78, 5) is 26.8. The van der Waals surface area contributed by atoms with Crippen molar-refractivity contribution in [2.45, 2.75) is 26.3 Å². The van der Waals surface area contributed by atoms with E-state index >= 15 is 0 Å². The number of hydrogen-bond acceptors (Lipinski definition) is 7. The number of methoxy groups -OCH3 is 1. The molecule has 31 heavy (non-hydrogen) atoms. The maximum Gasteiger partial charge on any atom is 0.337 e. The lowest BCUT2D eigenvalue weighted by Crippen LogP contribution is -2.32. The van der Waals surface area contributed by atoms with Crippen LogP contribution in [-0.4, -0.2) is 36.2 Å². The number of carbonyl (C=O) groups is 1. The summed E-state index contributed by atoms with van der Waals surface area (Å²) in [6.07, 6.45) is 3.49. The standard InChI is InChI=1S/C24H25NO6/c1-15-9-11-25(12-10-15)13-19-20(26)8-7-18-22(27)21(14-30-23(18)19)31-17-5-3-16(4-6-17)24(28)29-2/h3-8,14-15,26H,9-13H2,1-2H3. The molecule has 1 aromatic heterocycles. The van der Waals surface area contributed by atoms with Crippen molar-refractivity contribution in [2.75, 3.05) is 20.2 Å². The van der Waals surface area contributed by atoms with E-state index in [4.69, 9.17) is 9.15 Å². The Bertz CT molecular complexity index is 1140. The molecule has 3 aromatic rings. The first-order valence-electron chi connectivity index (χ1n) is 10.3. The van der Waals surface area contributed by atoms with E-state index in [-0.39, 0.29) is 16.9 Å². The second-order valence-electron chi connectivity index (χ2n) is 7.95. The summed E-state index contributed by atoms with van der Waals surface area (Å²) in [6.45, 7) is 4.66. The van der Waals surface area contributed by atoms with Crippen LogP contribution in [0.25, 0.3) is 11.0 Å². The van der Waals surface area contributed by atoms with Crippen molar-refractivity contribution in [3.63, 3.8) is 0 Å². The fraction of sp³-hybridized carbons (Fsp3) is 0.333. The Kier molecular flexibility index (Phi) is 5.95. The molecule has 1 fully saturated rings. The van der Waals surface area contributed by atoms with Gasteiger partial charge in [-0.25, -0.2) is 4.79 Å². The first kappa shape index (κ1) is 20.9. The SMILES string of the molecule is COC(=O)c1ccc(Oc2coc3c(CN4CCC(C)CC4)c(O)ccc3c2=O)cc1. The van der Waals surface area contributed by atoms with Crippen LogP contribution in [0, 0.1) is 5.92 Å². The number of benzene rings is 2. The fourth-order valence-corrected chi connectivity index (χ4v) is 3.80. The van der Waals surface area contributed by atoms with Gasteiger partial charge in [-0.05, 0) is 68.2 Å². The van der Waals surface area contributed by atoms with E-state index in [1.54, 1.807) is 30.3 Å². The van der Waals surface area contributed by atoms with Crippen molar-refractivity contribution < 1.29 is 23.8 Å². The van der Waals surface area contributed by atoms with Gasteiger partial charge in [0.15, 0.2) is 0 Å². The highest BCUT2D eigenvalue weighted by molar-refractivity contribution is 5.89. The Morgan fingerprint density at radius 2 is 1.87 bits per heavy atom. The van der Waals surface area contributed by atoms with Crippen molar-refractivity contribution in [1.29, 1.82) is 0 Å². The van der Waals surface area contributed by atoms with Crippen molar-refractivity contribution in [3.8, 4) is 17.2 Å². The number of rotatable bonds is 5. The van der Waals surface area contributed by atoms with Crippen LogP contribution in [0.5, 0.6) is 17.2 Å². The van der Waals surface area contributed by atoms with E-state index in [2.05, 4.69) is 16.6 Å². The molecule has 4 rings (SSSR count). The van der Waals surface area contributed by atoms with E-state index in [9.17, 15) is 14.7 Å². The molecule has 0 unspecified atom stereocenters. The Hall–Kier alpha value is -3.32. The number of phenols is 1. The predicted octanol–water partition coefficient (Wildman–Crippen LogP) is 4.31. The van der Waals surface area contributed by atoms with Gasteiger partial charge in [0.1, 0.15) is 23.3 Å². The molecule has 0 aliphatic carbocycles. The lowest BCUT2D eigenvalue weighted by atomic mass is 9.98. The van der Waals surface area contributed by atoms with Gasteiger partial charge >= 0.3 is 5.97 Å². The molecule has 1 N–H and O–H groups in total. The first-order valence-corrected chi connectivity index (χ1v) is 10.3. The van der Waals surface area contributed by atoms with Crippen molar-refractivity contribution in [1.82, 2.24) is 4.90 Å². The number of piperidine rings is 1. The second-order valence-corrected chi connectivity index (χ2v) is 7.95. The van der Waals surface area contributed by atoms with Crippen LogP contribution in [0.4, 0.5) is 0 Å². The van der Waals surface area contributed by atoms with Gasteiger partial charge in [0.25, 0.3) is 0 Å². The molecule has 2 aromatic carbocycles. The van der Waals surface area contributed by atoms with Crippen LogP contribution in [0.2, 0.25) is 0 Å². The van der Waals surface area contributed by atoms with Crippen LogP contribution in [0.15, 0.2) is 51.9 Å². The number of aromatic hydroxyl groups is 1. The topological polar surface area (TPSA) is 89.2 Å². The zero-order chi connectivity index (χ0) is 22.0. The number of carbonyl (C=O) groups excluding carboxylic acids is 1. The van der Waals surface area contributed by atoms with Crippen LogP contribution in [-0.2, 0) is 11.3 Å². The zero-order valence-corrected chi connectivity index (χ0v) is 17.6. The minimum Gasteiger partial charge on any atom is -0.507 e. The number of nitrogens with zero attached hydrogens (tertiary/aromatic N) is 1. The third-order valence-electron chi connectivity index (χ3n) is 5.75. The Labute approximate surface area is 179 Å².